The van der Waals surface area contributed by atoms with Gasteiger partial charge in [-0.1, -0.05) is 142 Å². The fourth-order valence-corrected chi connectivity index (χ4v) is 8.14. The molecule has 1 rings (SSSR count). The number of aliphatic hydroxyl groups excluding tert-OH is 5. The molecule has 0 heterocycles. The molecule has 0 aromatic rings. The quantitative estimate of drug-likeness (QED) is 0.00940. The van der Waals surface area contributed by atoms with Crippen LogP contribution in [0.15, 0.2) is 109 Å². The summed E-state index contributed by atoms with van der Waals surface area (Å²) >= 11 is 0. The van der Waals surface area contributed by atoms with Crippen LogP contribution >= 0.6 is 15.6 Å². The fourth-order valence-electron chi connectivity index (χ4n) is 6.60. The number of allylic oxidation sites excluding steroid dienone is 16. The Morgan fingerprint density at radius 1 is 0.543 bits per heavy atom. The molecule has 1 saturated carbocycles. The molecule has 0 radical (unpaired) electrons. The molecule has 0 aromatic carbocycles. The second-order valence-electron chi connectivity index (χ2n) is 16.6. The zero-order valence-corrected chi connectivity index (χ0v) is 42.8. The number of unbranched alkanes of at least 4 members (excludes halogenated alkanes) is 7. The molecule has 5 unspecified atom stereocenters. The lowest BCUT2D eigenvalue weighted by Gasteiger charge is -2.43. The molecule has 0 aromatic heterocycles. The smallest absolute Gasteiger partial charge is 0.462 e. The molecule has 0 aliphatic heterocycles. The Morgan fingerprint density at radius 2 is 1.06 bits per heavy atom. The predicted molar refractivity (Wildman–Crippen MR) is 270 cm³/mol. The summed E-state index contributed by atoms with van der Waals surface area (Å²) < 4.78 is 49.3. The molecular formula is C51H82O17P2. The van der Waals surface area contributed by atoms with Crippen LogP contribution in [-0.2, 0) is 41.8 Å². The van der Waals surface area contributed by atoms with Gasteiger partial charge in [-0.15, -0.1) is 0 Å². The zero-order chi connectivity index (χ0) is 51.9. The van der Waals surface area contributed by atoms with Crippen LogP contribution in [0, 0.1) is 0 Å². The molecular weight excluding hydrogens is 946 g/mol. The van der Waals surface area contributed by atoms with Gasteiger partial charge in [0.1, 0.15) is 43.2 Å². The summed E-state index contributed by atoms with van der Waals surface area (Å²) in [6.07, 6.45) is 34.9. The Labute approximate surface area is 415 Å². The molecule has 8 N–H and O–H groups in total. The van der Waals surface area contributed by atoms with Crippen LogP contribution < -0.4 is 0 Å². The normalized spacial score (nSPS) is 22.4. The second kappa shape index (κ2) is 40.1. The van der Waals surface area contributed by atoms with E-state index in [1.54, 1.807) is 12.2 Å². The van der Waals surface area contributed by atoms with E-state index >= 15 is 0 Å². The van der Waals surface area contributed by atoms with E-state index in [0.29, 0.717) is 32.1 Å². The van der Waals surface area contributed by atoms with E-state index in [0.717, 1.165) is 64.2 Å². The van der Waals surface area contributed by atoms with E-state index in [-0.39, 0.29) is 12.8 Å². The Bertz CT molecular complexity index is 1780. The Hall–Kier alpha value is -3.38. The summed E-state index contributed by atoms with van der Waals surface area (Å²) in [7, 11) is -10.7. The highest BCUT2D eigenvalue weighted by molar-refractivity contribution is 7.47. The first-order valence-corrected chi connectivity index (χ1v) is 27.6. The number of rotatable bonds is 39. The largest absolute Gasteiger partial charge is 0.472 e. The Morgan fingerprint density at radius 3 is 1.64 bits per heavy atom. The van der Waals surface area contributed by atoms with Crippen LogP contribution in [0.1, 0.15) is 136 Å². The van der Waals surface area contributed by atoms with Gasteiger partial charge in [0, 0.05) is 12.8 Å². The van der Waals surface area contributed by atoms with Gasteiger partial charge >= 0.3 is 27.6 Å². The van der Waals surface area contributed by atoms with E-state index in [2.05, 4.69) is 85.2 Å². The molecule has 1 fully saturated rings. The van der Waals surface area contributed by atoms with E-state index < -0.39 is 89.6 Å². The number of hydrogen-bond acceptors (Lipinski definition) is 14. The topological polar surface area (TPSA) is 276 Å². The highest BCUT2D eigenvalue weighted by Crippen LogP contribution is 2.49. The lowest BCUT2D eigenvalue weighted by molar-refractivity contribution is -0.216. The van der Waals surface area contributed by atoms with Crippen molar-refractivity contribution in [3.05, 3.63) is 109 Å². The number of phosphoric acid groups is 2. The average Bonchev–Trinajstić information content (AvgIpc) is 3.31. The summed E-state index contributed by atoms with van der Waals surface area (Å²) in [4.78, 5) is 54.3. The van der Waals surface area contributed by atoms with Gasteiger partial charge < -0.3 is 49.7 Å². The highest BCUT2D eigenvalue weighted by Gasteiger charge is 2.54. The van der Waals surface area contributed by atoms with E-state index in [9.17, 15) is 58.9 Å². The summed E-state index contributed by atoms with van der Waals surface area (Å²) in [5.74, 6) is -1.36. The van der Waals surface area contributed by atoms with Gasteiger partial charge in [-0.3, -0.25) is 23.2 Å². The molecule has 9 atom stereocenters. The van der Waals surface area contributed by atoms with E-state index in [4.69, 9.17) is 18.5 Å². The molecule has 1 aliphatic carbocycles. The lowest BCUT2D eigenvalue weighted by Crippen LogP contribution is -2.64. The maximum atomic E-state index is 13.0. The van der Waals surface area contributed by atoms with Gasteiger partial charge in [-0.2, -0.15) is 0 Å². The number of carbonyl (C=O) groups is 2. The predicted octanol–water partition coefficient (Wildman–Crippen LogP) is 8.70. The minimum atomic E-state index is -5.39. The minimum Gasteiger partial charge on any atom is -0.462 e. The van der Waals surface area contributed by atoms with Crippen LogP contribution in [0.4, 0.5) is 0 Å². The maximum Gasteiger partial charge on any atom is 0.472 e. The van der Waals surface area contributed by atoms with Gasteiger partial charge in [0.15, 0.2) is 6.10 Å². The number of ether oxygens (including phenoxy) is 2. The van der Waals surface area contributed by atoms with Crippen LogP contribution in [0.25, 0.3) is 0 Å². The van der Waals surface area contributed by atoms with Crippen molar-refractivity contribution >= 4 is 27.6 Å². The summed E-state index contributed by atoms with van der Waals surface area (Å²) in [5.41, 5.74) is 0. The van der Waals surface area contributed by atoms with Crippen molar-refractivity contribution in [3.63, 3.8) is 0 Å². The van der Waals surface area contributed by atoms with Crippen LogP contribution in [-0.4, -0.2) is 114 Å². The van der Waals surface area contributed by atoms with Gasteiger partial charge in [-0.25, -0.2) is 9.13 Å². The third-order valence-corrected chi connectivity index (χ3v) is 11.9. The summed E-state index contributed by atoms with van der Waals surface area (Å²) in [6, 6.07) is 0. The van der Waals surface area contributed by atoms with E-state index in [1.165, 1.54) is 12.8 Å². The Kier molecular flexibility index (Phi) is 37.1. The minimum absolute atomic E-state index is 0.0505. The number of esters is 2. The van der Waals surface area contributed by atoms with Crippen molar-refractivity contribution in [1.29, 1.82) is 0 Å². The number of hydrogen-bond donors (Lipinski definition) is 8. The standard InChI is InChI=1S/C51H82O17P2/c1-3-5-7-9-11-12-13-14-15-16-17-18-19-20-21-22-26-30-34-38-44(53)64-40-43(41-65-70(62,63)68-51-48(57)46(55)47(56)50(49(51)58)67-69(59,60)61)66-45(54)39-35-31-27-24-23-25-29-33-37-42(52)36-32-28-10-8-6-4-2/h5,7,11-12,14-15,17-18,20-21,24-25,27-29,32-33,37,42-43,46-52,55-58H,3-4,6,8-10,13,16,19,22-23,26,30-31,34-36,38-41H2,1-2H3,(H,62,63)(H2,59,60,61)/b7-5-,12-11-,15-14-,18-17-,21-20-,27-24-,29-25-,32-28-,37-33+/t42-,43+,46?,47?,48?,49?,50+,51-/m0/s1. The van der Waals surface area contributed by atoms with Crippen LogP contribution in [0.2, 0.25) is 0 Å². The SMILES string of the molecule is CC/C=C\C/C=C\C/C=C\C/C=C\C/C=C\CCCCCC(=O)OC[C@H](COP(=O)(O)O[C@H]1C(O)C(O)C(O)[C@@H](OP(=O)(O)O)C1O)OC(=O)CCC/C=C\C/C=C\C=C\[C@@H](O)C/C=C\CCCCC. The summed E-state index contributed by atoms with van der Waals surface area (Å²) in [6.45, 7) is 2.81. The van der Waals surface area contributed by atoms with Crippen molar-refractivity contribution in [3.8, 4) is 0 Å². The molecule has 17 nitrogen and oxygen atoms in total. The molecule has 0 spiro atoms. The molecule has 398 valence electrons. The van der Waals surface area contributed by atoms with Crippen LogP contribution in [0.5, 0.6) is 0 Å². The number of aliphatic hydroxyl groups is 5. The van der Waals surface area contributed by atoms with Crippen molar-refractivity contribution in [2.75, 3.05) is 13.2 Å². The zero-order valence-electron chi connectivity index (χ0n) is 41.0. The third-order valence-electron chi connectivity index (χ3n) is 10.4. The van der Waals surface area contributed by atoms with Crippen molar-refractivity contribution < 1.29 is 82.0 Å². The molecule has 0 bridgehead atoms. The molecule has 19 heteroatoms. The van der Waals surface area contributed by atoms with Gasteiger partial charge in [-0.05, 0) is 89.9 Å². The van der Waals surface area contributed by atoms with Crippen molar-refractivity contribution in [2.45, 2.75) is 185 Å². The van der Waals surface area contributed by atoms with Gasteiger partial charge in [0.2, 0.25) is 0 Å². The fraction of sp³-hybridized carbons (Fsp3) is 0.608. The molecule has 1 aliphatic rings. The first-order valence-electron chi connectivity index (χ1n) is 24.5. The van der Waals surface area contributed by atoms with Gasteiger partial charge in [0.25, 0.3) is 0 Å². The van der Waals surface area contributed by atoms with Crippen molar-refractivity contribution in [1.82, 2.24) is 0 Å². The first kappa shape index (κ1) is 64.6. The highest BCUT2D eigenvalue weighted by atomic mass is 31.2. The van der Waals surface area contributed by atoms with Gasteiger partial charge in [0.05, 0.1) is 12.7 Å². The van der Waals surface area contributed by atoms with Crippen LogP contribution in [0.3, 0.4) is 0 Å². The third kappa shape index (κ3) is 34.1. The second-order valence-corrected chi connectivity index (χ2v) is 19.2. The molecule has 70 heavy (non-hydrogen) atoms. The lowest BCUT2D eigenvalue weighted by atomic mass is 9.85. The van der Waals surface area contributed by atoms with E-state index in [1.807, 2.05) is 30.4 Å². The first-order chi connectivity index (χ1) is 33.5. The maximum absolute atomic E-state index is 13.0. The Balaban J connectivity index is 2.67. The monoisotopic (exact) mass is 1030 g/mol. The number of carbonyl (C=O) groups excluding carboxylic acids is 2. The van der Waals surface area contributed by atoms with Crippen molar-refractivity contribution in [2.24, 2.45) is 0 Å². The molecule has 0 amide bonds. The average molecular weight is 1030 g/mol. The summed E-state index contributed by atoms with van der Waals surface area (Å²) in [5, 5.41) is 51.3. The molecule has 0 saturated heterocycles. The number of phosphoric ester groups is 2.